The smallest absolute Gasteiger partial charge is 0.261 e. The lowest BCUT2D eigenvalue weighted by molar-refractivity contribution is -0.194. The third-order valence-electron chi connectivity index (χ3n) is 1.87. The molecule has 80 valence electrons. The molecule has 1 aliphatic heterocycles. The van der Waals surface area contributed by atoms with Crippen LogP contribution in [0.15, 0.2) is 29.2 Å². The SMILES string of the molecule is O=S(=O)(Cl)c1ccc2c(c1)C=CCOO2. The Kier molecular flexibility index (Phi) is 2.68. The largest absolute Gasteiger partial charge is 0.337 e. The van der Waals surface area contributed by atoms with Crippen molar-refractivity contribution in [1.82, 2.24) is 0 Å². The quantitative estimate of drug-likeness (QED) is 0.561. The van der Waals surface area contributed by atoms with Crippen molar-refractivity contribution in [2.45, 2.75) is 4.90 Å². The van der Waals surface area contributed by atoms with Crippen LogP contribution in [0.25, 0.3) is 6.08 Å². The maximum absolute atomic E-state index is 11.1. The summed E-state index contributed by atoms with van der Waals surface area (Å²) < 4.78 is 22.1. The van der Waals surface area contributed by atoms with Gasteiger partial charge in [-0.25, -0.2) is 8.42 Å². The van der Waals surface area contributed by atoms with Crippen molar-refractivity contribution in [3.8, 4) is 5.75 Å². The number of halogens is 1. The van der Waals surface area contributed by atoms with Crippen LogP contribution in [0, 0.1) is 0 Å². The van der Waals surface area contributed by atoms with E-state index in [1.165, 1.54) is 18.2 Å². The fraction of sp³-hybridized carbons (Fsp3) is 0.111. The minimum atomic E-state index is -3.71. The molecule has 0 saturated carbocycles. The van der Waals surface area contributed by atoms with E-state index in [4.69, 9.17) is 20.5 Å². The first-order valence-electron chi connectivity index (χ1n) is 4.12. The van der Waals surface area contributed by atoms with Crippen molar-refractivity contribution < 1.29 is 18.2 Å². The molecule has 0 radical (unpaired) electrons. The Hall–Kier alpha value is -1.04. The van der Waals surface area contributed by atoms with Gasteiger partial charge in [-0.05, 0) is 18.2 Å². The molecule has 15 heavy (non-hydrogen) atoms. The fourth-order valence-corrected chi connectivity index (χ4v) is 1.98. The highest BCUT2D eigenvalue weighted by atomic mass is 35.7. The number of benzene rings is 1. The van der Waals surface area contributed by atoms with Crippen LogP contribution in [0.1, 0.15) is 5.56 Å². The maximum Gasteiger partial charge on any atom is 0.261 e. The zero-order valence-corrected chi connectivity index (χ0v) is 9.09. The molecule has 2 rings (SSSR count). The lowest BCUT2D eigenvalue weighted by atomic mass is 10.2. The Balaban J connectivity index is 2.53. The van der Waals surface area contributed by atoms with E-state index in [-0.39, 0.29) is 4.90 Å². The molecule has 0 N–H and O–H groups in total. The molecule has 0 atom stereocenters. The Labute approximate surface area is 91.4 Å². The van der Waals surface area contributed by atoms with Crippen LogP contribution in [0.5, 0.6) is 5.75 Å². The van der Waals surface area contributed by atoms with Crippen molar-refractivity contribution in [2.24, 2.45) is 0 Å². The molecule has 1 aromatic rings. The number of rotatable bonds is 1. The van der Waals surface area contributed by atoms with Gasteiger partial charge in [-0.2, -0.15) is 4.89 Å². The lowest BCUT2D eigenvalue weighted by Crippen LogP contribution is -1.97. The molecular formula is C9H7ClO4S. The topological polar surface area (TPSA) is 52.6 Å². The van der Waals surface area contributed by atoms with Gasteiger partial charge in [0, 0.05) is 16.2 Å². The summed E-state index contributed by atoms with van der Waals surface area (Å²) in [6.45, 7) is 0.317. The van der Waals surface area contributed by atoms with Crippen LogP contribution in [0.3, 0.4) is 0 Å². The van der Waals surface area contributed by atoms with E-state index in [0.717, 1.165) is 0 Å². The van der Waals surface area contributed by atoms with Crippen LogP contribution in [-0.4, -0.2) is 15.0 Å². The highest BCUT2D eigenvalue weighted by Gasteiger charge is 2.14. The second-order valence-electron chi connectivity index (χ2n) is 2.91. The maximum atomic E-state index is 11.1. The number of hydrogen-bond acceptors (Lipinski definition) is 4. The first kappa shape index (κ1) is 10.5. The first-order chi connectivity index (χ1) is 7.07. The monoisotopic (exact) mass is 246 g/mol. The van der Waals surface area contributed by atoms with Gasteiger partial charge in [-0.3, -0.25) is 0 Å². The summed E-state index contributed by atoms with van der Waals surface area (Å²) in [6, 6.07) is 4.30. The van der Waals surface area contributed by atoms with Gasteiger partial charge >= 0.3 is 0 Å². The summed E-state index contributed by atoms with van der Waals surface area (Å²) in [5.74, 6) is 0.466. The lowest BCUT2D eigenvalue weighted by Gasteiger charge is -2.04. The van der Waals surface area contributed by atoms with Gasteiger partial charge in [0.2, 0.25) is 0 Å². The van der Waals surface area contributed by atoms with Crippen LogP contribution in [0.2, 0.25) is 0 Å². The molecule has 0 aromatic heterocycles. The molecule has 0 amide bonds. The van der Waals surface area contributed by atoms with E-state index in [2.05, 4.69) is 0 Å². The summed E-state index contributed by atoms with van der Waals surface area (Å²) in [5.41, 5.74) is 0.620. The molecule has 0 aliphatic carbocycles. The fourth-order valence-electron chi connectivity index (χ4n) is 1.20. The normalized spacial score (nSPS) is 15.3. The highest BCUT2D eigenvalue weighted by molar-refractivity contribution is 8.13. The van der Waals surface area contributed by atoms with E-state index in [9.17, 15) is 8.42 Å². The average Bonchev–Trinajstić information content (AvgIpc) is 2.39. The predicted octanol–water partition coefficient (Wildman–Crippen LogP) is 1.95. The van der Waals surface area contributed by atoms with E-state index >= 15 is 0 Å². The van der Waals surface area contributed by atoms with E-state index in [0.29, 0.717) is 17.9 Å². The van der Waals surface area contributed by atoms with Gasteiger partial charge in [0.1, 0.15) is 6.61 Å². The molecule has 1 heterocycles. The first-order valence-corrected chi connectivity index (χ1v) is 6.43. The number of hydrogen-bond donors (Lipinski definition) is 0. The summed E-state index contributed by atoms with van der Waals surface area (Å²) in [6.07, 6.45) is 3.43. The molecule has 1 aromatic carbocycles. The van der Waals surface area contributed by atoms with Gasteiger partial charge < -0.3 is 4.89 Å². The van der Waals surface area contributed by atoms with Crippen molar-refractivity contribution in [3.05, 3.63) is 29.8 Å². The molecule has 0 unspecified atom stereocenters. The average molecular weight is 247 g/mol. The molecular weight excluding hydrogens is 240 g/mol. The minimum Gasteiger partial charge on any atom is -0.337 e. The van der Waals surface area contributed by atoms with Crippen LogP contribution < -0.4 is 4.89 Å². The van der Waals surface area contributed by atoms with E-state index in [1.807, 2.05) is 0 Å². The van der Waals surface area contributed by atoms with E-state index in [1.54, 1.807) is 12.2 Å². The molecule has 4 nitrogen and oxygen atoms in total. The zero-order chi connectivity index (χ0) is 10.9. The molecule has 0 spiro atoms. The van der Waals surface area contributed by atoms with Crippen LogP contribution >= 0.6 is 10.7 Å². The zero-order valence-electron chi connectivity index (χ0n) is 7.51. The molecule has 6 heteroatoms. The van der Waals surface area contributed by atoms with Gasteiger partial charge in [-0.15, -0.1) is 0 Å². The molecule has 0 bridgehead atoms. The van der Waals surface area contributed by atoms with Crippen molar-refractivity contribution in [1.29, 1.82) is 0 Å². The van der Waals surface area contributed by atoms with Gasteiger partial charge in [0.25, 0.3) is 9.05 Å². The van der Waals surface area contributed by atoms with Crippen molar-refractivity contribution >= 4 is 25.8 Å². The van der Waals surface area contributed by atoms with Gasteiger partial charge in [0.05, 0.1) is 4.90 Å². The van der Waals surface area contributed by atoms with Crippen LogP contribution in [-0.2, 0) is 13.9 Å². The van der Waals surface area contributed by atoms with Crippen molar-refractivity contribution in [2.75, 3.05) is 6.61 Å². The number of fused-ring (bicyclic) bond motifs is 1. The second kappa shape index (κ2) is 3.84. The summed E-state index contributed by atoms with van der Waals surface area (Å²) >= 11 is 0. The Morgan fingerprint density at radius 1 is 1.33 bits per heavy atom. The summed E-state index contributed by atoms with van der Waals surface area (Å²) in [4.78, 5) is 9.73. The van der Waals surface area contributed by atoms with E-state index < -0.39 is 9.05 Å². The molecule has 0 saturated heterocycles. The van der Waals surface area contributed by atoms with Gasteiger partial charge in [-0.1, -0.05) is 12.2 Å². The predicted molar refractivity (Wildman–Crippen MR) is 55.1 cm³/mol. The van der Waals surface area contributed by atoms with Crippen LogP contribution in [0.4, 0.5) is 0 Å². The minimum absolute atomic E-state index is 0.0399. The standard InChI is InChI=1S/C9H7ClO4S/c10-15(11,12)8-3-4-9-7(6-8)2-1-5-13-14-9/h1-4,6H,5H2. The third kappa shape index (κ3) is 2.31. The second-order valence-corrected chi connectivity index (χ2v) is 5.47. The summed E-state index contributed by atoms with van der Waals surface area (Å²) in [5, 5.41) is 0. The molecule has 0 fully saturated rings. The third-order valence-corrected chi connectivity index (χ3v) is 3.22. The molecule has 1 aliphatic rings. The Morgan fingerprint density at radius 2 is 2.13 bits per heavy atom. The summed E-state index contributed by atoms with van der Waals surface area (Å²) in [7, 11) is 1.51. The van der Waals surface area contributed by atoms with Gasteiger partial charge in [0.15, 0.2) is 5.75 Å². The highest BCUT2D eigenvalue weighted by Crippen LogP contribution is 2.27. The Bertz CT molecular complexity index is 507. The van der Waals surface area contributed by atoms with Crippen molar-refractivity contribution in [3.63, 3.8) is 0 Å². The Morgan fingerprint density at radius 3 is 2.87 bits per heavy atom.